The summed E-state index contributed by atoms with van der Waals surface area (Å²) in [5, 5.41) is 4.83. The van der Waals surface area contributed by atoms with E-state index in [0.717, 1.165) is 41.4 Å². The first-order valence-electron chi connectivity index (χ1n) is 10.0. The van der Waals surface area contributed by atoms with E-state index in [4.69, 9.17) is 4.42 Å². The van der Waals surface area contributed by atoms with Gasteiger partial charge < -0.3 is 14.6 Å². The Morgan fingerprint density at radius 1 is 1.07 bits per heavy atom. The Morgan fingerprint density at radius 3 is 2.69 bits per heavy atom. The van der Waals surface area contributed by atoms with Gasteiger partial charge in [-0.3, -0.25) is 4.79 Å². The van der Waals surface area contributed by atoms with E-state index in [2.05, 4.69) is 40.3 Å². The van der Waals surface area contributed by atoms with Crippen LogP contribution in [0.4, 0.5) is 5.69 Å². The number of anilines is 1. The minimum atomic E-state index is -0.203. The van der Waals surface area contributed by atoms with Crippen molar-refractivity contribution in [2.75, 3.05) is 24.5 Å². The molecule has 0 unspecified atom stereocenters. The number of aryl methyl sites for hydroxylation is 1. The van der Waals surface area contributed by atoms with Gasteiger partial charge in [-0.1, -0.05) is 30.3 Å². The number of carbonyl (C=O) groups is 1. The van der Waals surface area contributed by atoms with Crippen LogP contribution in [0.15, 0.2) is 65.1 Å². The Labute approximate surface area is 170 Å². The minimum Gasteiger partial charge on any atom is -0.433 e. The second kappa shape index (κ2) is 8.35. The molecule has 4 rings (SSSR count). The molecule has 0 saturated heterocycles. The van der Waals surface area contributed by atoms with Gasteiger partial charge in [0.2, 0.25) is 5.71 Å². The van der Waals surface area contributed by atoms with Crippen molar-refractivity contribution in [2.45, 2.75) is 20.3 Å². The maximum absolute atomic E-state index is 12.5. The smallest absolute Gasteiger partial charge is 0.287 e. The van der Waals surface area contributed by atoms with Gasteiger partial charge >= 0.3 is 0 Å². The van der Waals surface area contributed by atoms with E-state index in [1.165, 1.54) is 5.69 Å². The summed E-state index contributed by atoms with van der Waals surface area (Å²) >= 11 is 0. The highest BCUT2D eigenvalue weighted by Crippen LogP contribution is 2.23. The molecule has 0 atom stereocenters. The number of hydrogen-bond acceptors (Lipinski definition) is 4. The molecular weight excluding hydrogens is 362 g/mol. The molecule has 0 saturated carbocycles. The number of pyridine rings is 1. The summed E-state index contributed by atoms with van der Waals surface area (Å²) in [7, 11) is 0. The van der Waals surface area contributed by atoms with Crippen LogP contribution in [-0.2, 0) is 0 Å². The van der Waals surface area contributed by atoms with Crippen LogP contribution in [0.5, 0.6) is 0 Å². The lowest BCUT2D eigenvalue weighted by Crippen LogP contribution is -2.29. The van der Waals surface area contributed by atoms with Crippen molar-refractivity contribution in [3.05, 3.63) is 72.0 Å². The van der Waals surface area contributed by atoms with Crippen LogP contribution in [0.3, 0.4) is 0 Å². The zero-order valence-electron chi connectivity index (χ0n) is 16.8. The van der Waals surface area contributed by atoms with Crippen LogP contribution in [0.1, 0.15) is 29.5 Å². The van der Waals surface area contributed by atoms with E-state index < -0.39 is 0 Å². The molecule has 2 aromatic heterocycles. The lowest BCUT2D eigenvalue weighted by Gasteiger charge is -2.23. The summed E-state index contributed by atoms with van der Waals surface area (Å²) in [6.07, 6.45) is 0.857. The number of fused-ring (bicyclic) bond motifs is 2. The first kappa shape index (κ1) is 19.0. The van der Waals surface area contributed by atoms with Crippen LogP contribution >= 0.6 is 0 Å². The molecule has 148 valence electrons. The second-order valence-corrected chi connectivity index (χ2v) is 7.21. The fourth-order valence-electron chi connectivity index (χ4n) is 3.52. The van der Waals surface area contributed by atoms with E-state index >= 15 is 0 Å². The molecule has 0 spiro atoms. The van der Waals surface area contributed by atoms with Gasteiger partial charge in [-0.05, 0) is 56.2 Å². The number of benzene rings is 2. The largest absolute Gasteiger partial charge is 0.433 e. The van der Waals surface area contributed by atoms with Crippen molar-refractivity contribution < 1.29 is 9.21 Å². The first-order chi connectivity index (χ1) is 14.1. The average molecular weight is 387 g/mol. The fourth-order valence-corrected chi connectivity index (χ4v) is 3.52. The van der Waals surface area contributed by atoms with Crippen LogP contribution in [0.2, 0.25) is 0 Å². The number of furan rings is 1. The lowest BCUT2D eigenvalue weighted by molar-refractivity contribution is 0.0927. The number of aromatic nitrogens is 1. The van der Waals surface area contributed by atoms with Crippen LogP contribution in [0.25, 0.3) is 22.0 Å². The minimum absolute atomic E-state index is 0.203. The van der Waals surface area contributed by atoms with Crippen molar-refractivity contribution in [1.82, 2.24) is 10.3 Å². The monoisotopic (exact) mass is 387 g/mol. The molecule has 0 bridgehead atoms. The molecule has 1 amide bonds. The Bertz CT molecular complexity index is 1140. The van der Waals surface area contributed by atoms with Crippen LogP contribution < -0.4 is 10.2 Å². The third kappa shape index (κ3) is 4.24. The predicted molar refractivity (Wildman–Crippen MR) is 118 cm³/mol. The number of rotatable bonds is 7. The van der Waals surface area contributed by atoms with Gasteiger partial charge in [0.25, 0.3) is 5.91 Å². The van der Waals surface area contributed by atoms with Crippen molar-refractivity contribution in [3.63, 3.8) is 0 Å². The molecule has 5 heteroatoms. The predicted octanol–water partition coefficient (Wildman–Crippen LogP) is 4.94. The number of nitrogens with one attached hydrogen (secondary N) is 1. The number of para-hydroxylation sites is 1. The summed E-state index contributed by atoms with van der Waals surface area (Å²) in [5.74, 6) is 0.0981. The SMILES string of the molecule is CCN(CCCNC(=O)c1cc2cc3ccc(C)cc3nc2o1)c1ccccc1. The van der Waals surface area contributed by atoms with Gasteiger partial charge in [-0.15, -0.1) is 0 Å². The summed E-state index contributed by atoms with van der Waals surface area (Å²) in [5.41, 5.74) is 3.71. The normalized spacial score (nSPS) is 11.1. The highest BCUT2D eigenvalue weighted by Gasteiger charge is 2.14. The van der Waals surface area contributed by atoms with Crippen molar-refractivity contribution in [3.8, 4) is 0 Å². The Kier molecular flexibility index (Phi) is 5.47. The molecule has 4 aromatic rings. The molecule has 5 nitrogen and oxygen atoms in total. The number of nitrogens with zero attached hydrogens (tertiary/aromatic N) is 2. The van der Waals surface area contributed by atoms with Gasteiger partial charge in [-0.25, -0.2) is 4.98 Å². The molecule has 2 heterocycles. The molecule has 29 heavy (non-hydrogen) atoms. The zero-order chi connectivity index (χ0) is 20.2. The van der Waals surface area contributed by atoms with Crippen molar-refractivity contribution >= 4 is 33.6 Å². The third-order valence-electron chi connectivity index (χ3n) is 5.08. The van der Waals surface area contributed by atoms with Crippen LogP contribution in [0, 0.1) is 6.92 Å². The highest BCUT2D eigenvalue weighted by atomic mass is 16.4. The number of hydrogen-bond donors (Lipinski definition) is 1. The number of amides is 1. The molecule has 1 N–H and O–H groups in total. The molecule has 0 aliphatic carbocycles. The Morgan fingerprint density at radius 2 is 1.90 bits per heavy atom. The molecule has 0 aliphatic heterocycles. The zero-order valence-corrected chi connectivity index (χ0v) is 16.8. The van der Waals surface area contributed by atoms with Gasteiger partial charge in [0.15, 0.2) is 5.76 Å². The van der Waals surface area contributed by atoms with Crippen molar-refractivity contribution in [1.29, 1.82) is 0 Å². The van der Waals surface area contributed by atoms with Crippen molar-refractivity contribution in [2.24, 2.45) is 0 Å². The van der Waals surface area contributed by atoms with E-state index in [9.17, 15) is 4.79 Å². The topological polar surface area (TPSA) is 58.4 Å². The van der Waals surface area contributed by atoms with Gasteiger partial charge in [0.1, 0.15) is 0 Å². The molecule has 2 aromatic carbocycles. The highest BCUT2D eigenvalue weighted by molar-refractivity contribution is 5.98. The molecule has 0 radical (unpaired) electrons. The Hall–Kier alpha value is -3.34. The van der Waals surface area contributed by atoms with E-state index in [-0.39, 0.29) is 5.91 Å². The summed E-state index contributed by atoms with van der Waals surface area (Å²) in [6.45, 7) is 6.57. The average Bonchev–Trinajstić information content (AvgIpc) is 3.15. The summed E-state index contributed by atoms with van der Waals surface area (Å²) in [4.78, 5) is 19.3. The standard InChI is InChI=1S/C24H25N3O2/c1-3-27(20-8-5-4-6-9-20)13-7-12-25-23(28)22-16-19-15-18-11-10-17(2)14-21(18)26-24(19)29-22/h4-6,8-11,14-16H,3,7,12-13H2,1-2H3,(H,25,28). The second-order valence-electron chi connectivity index (χ2n) is 7.21. The Balaban J connectivity index is 1.38. The molecule has 0 aliphatic rings. The van der Waals surface area contributed by atoms with E-state index in [1.54, 1.807) is 6.07 Å². The maximum atomic E-state index is 12.5. The maximum Gasteiger partial charge on any atom is 0.287 e. The fraction of sp³-hybridized carbons (Fsp3) is 0.250. The third-order valence-corrected chi connectivity index (χ3v) is 5.08. The lowest BCUT2D eigenvalue weighted by atomic mass is 10.1. The van der Waals surface area contributed by atoms with Gasteiger partial charge in [-0.2, -0.15) is 0 Å². The van der Waals surface area contributed by atoms with E-state index in [1.807, 2.05) is 43.3 Å². The van der Waals surface area contributed by atoms with Crippen LogP contribution in [-0.4, -0.2) is 30.5 Å². The van der Waals surface area contributed by atoms with Gasteiger partial charge in [0.05, 0.1) is 5.52 Å². The molecule has 0 fully saturated rings. The van der Waals surface area contributed by atoms with Gasteiger partial charge in [0, 0.05) is 36.1 Å². The number of carbonyl (C=O) groups excluding carboxylic acids is 1. The quantitative estimate of drug-likeness (QED) is 0.457. The van der Waals surface area contributed by atoms with E-state index in [0.29, 0.717) is 18.0 Å². The summed E-state index contributed by atoms with van der Waals surface area (Å²) < 4.78 is 5.71. The summed E-state index contributed by atoms with van der Waals surface area (Å²) in [6, 6.07) is 20.2. The molecular formula is C24H25N3O2. The first-order valence-corrected chi connectivity index (χ1v) is 10.0.